The fraction of sp³-hybridized carbons (Fsp3) is 0.500. The molecule has 0 amide bonds. The Hall–Kier alpha value is -1.60. The SMILES string of the molecule is c1ccc2c(c1)C1CC2c2c(CCNC(C3CC3)C3CC3)cccc21. The van der Waals surface area contributed by atoms with Crippen LogP contribution in [0, 0.1) is 11.8 Å². The van der Waals surface area contributed by atoms with Gasteiger partial charge in [0.15, 0.2) is 0 Å². The maximum Gasteiger partial charge on any atom is 0.0124 e. The molecule has 6 rings (SSSR count). The van der Waals surface area contributed by atoms with Crippen molar-refractivity contribution < 1.29 is 0 Å². The van der Waals surface area contributed by atoms with E-state index in [1.54, 1.807) is 27.8 Å². The van der Waals surface area contributed by atoms with Crippen LogP contribution in [0.25, 0.3) is 0 Å². The van der Waals surface area contributed by atoms with Gasteiger partial charge in [0.05, 0.1) is 0 Å². The van der Waals surface area contributed by atoms with Gasteiger partial charge in [-0.3, -0.25) is 0 Å². The molecule has 0 spiro atoms. The molecule has 25 heavy (non-hydrogen) atoms. The molecular weight excluding hydrogens is 302 g/mol. The highest BCUT2D eigenvalue weighted by Gasteiger charge is 2.43. The predicted octanol–water partition coefficient (Wildman–Crippen LogP) is 4.99. The van der Waals surface area contributed by atoms with Gasteiger partial charge in [0, 0.05) is 17.9 Å². The Balaban J connectivity index is 1.23. The first kappa shape index (κ1) is 14.6. The lowest BCUT2D eigenvalue weighted by atomic mass is 9.83. The fourth-order valence-corrected chi connectivity index (χ4v) is 5.79. The molecule has 2 aromatic rings. The van der Waals surface area contributed by atoms with E-state index in [9.17, 15) is 0 Å². The highest BCUT2D eigenvalue weighted by molar-refractivity contribution is 5.60. The quantitative estimate of drug-likeness (QED) is 0.787. The molecule has 0 heterocycles. The summed E-state index contributed by atoms with van der Waals surface area (Å²) < 4.78 is 0. The van der Waals surface area contributed by atoms with Crippen LogP contribution in [0.1, 0.15) is 71.8 Å². The molecule has 0 aliphatic heterocycles. The van der Waals surface area contributed by atoms with Gasteiger partial charge in [-0.2, -0.15) is 0 Å². The van der Waals surface area contributed by atoms with E-state index >= 15 is 0 Å². The third-order valence-corrected chi connectivity index (χ3v) is 7.21. The zero-order valence-corrected chi connectivity index (χ0v) is 14.9. The van der Waals surface area contributed by atoms with Crippen LogP contribution in [0.2, 0.25) is 0 Å². The molecular formula is C24H27N. The van der Waals surface area contributed by atoms with E-state index in [1.165, 1.54) is 38.5 Å². The summed E-state index contributed by atoms with van der Waals surface area (Å²) in [6, 6.07) is 17.1. The molecule has 0 aromatic heterocycles. The minimum absolute atomic E-state index is 0.662. The molecule has 4 aliphatic rings. The third-order valence-electron chi connectivity index (χ3n) is 7.21. The second-order valence-corrected chi connectivity index (χ2v) is 8.79. The lowest BCUT2D eigenvalue weighted by Gasteiger charge is -2.23. The zero-order chi connectivity index (χ0) is 16.4. The molecule has 1 nitrogen and oxygen atoms in total. The summed E-state index contributed by atoms with van der Waals surface area (Å²) in [6.07, 6.45) is 8.38. The molecule has 2 unspecified atom stereocenters. The van der Waals surface area contributed by atoms with E-state index in [4.69, 9.17) is 0 Å². The number of rotatable bonds is 6. The Bertz CT molecular complexity index is 803. The van der Waals surface area contributed by atoms with Crippen molar-refractivity contribution >= 4 is 0 Å². The highest BCUT2D eigenvalue weighted by atomic mass is 14.9. The lowest BCUT2D eigenvalue weighted by Crippen LogP contribution is -2.34. The van der Waals surface area contributed by atoms with Crippen LogP contribution in [0.3, 0.4) is 0 Å². The van der Waals surface area contributed by atoms with Crippen molar-refractivity contribution in [3.63, 3.8) is 0 Å². The van der Waals surface area contributed by atoms with E-state index in [-0.39, 0.29) is 0 Å². The van der Waals surface area contributed by atoms with Crippen molar-refractivity contribution in [3.8, 4) is 0 Å². The summed E-state index contributed by atoms with van der Waals surface area (Å²) in [4.78, 5) is 0. The molecule has 128 valence electrons. The number of hydrogen-bond donors (Lipinski definition) is 1. The lowest BCUT2D eigenvalue weighted by molar-refractivity contribution is 0.420. The van der Waals surface area contributed by atoms with Crippen molar-refractivity contribution in [1.29, 1.82) is 0 Å². The number of hydrogen-bond acceptors (Lipinski definition) is 1. The fourth-order valence-electron chi connectivity index (χ4n) is 5.79. The van der Waals surface area contributed by atoms with Gasteiger partial charge in [-0.25, -0.2) is 0 Å². The monoisotopic (exact) mass is 329 g/mol. The second-order valence-electron chi connectivity index (χ2n) is 8.79. The van der Waals surface area contributed by atoms with Crippen molar-refractivity contribution in [2.24, 2.45) is 11.8 Å². The summed E-state index contributed by atoms with van der Waals surface area (Å²) in [6.45, 7) is 1.16. The summed E-state index contributed by atoms with van der Waals surface area (Å²) in [5.74, 6) is 3.32. The standard InChI is InChI=1S/C24H27N/c1-2-6-19-18(5-1)21-14-22(19)23-15(4-3-7-20(21)23)12-13-25-24(16-8-9-16)17-10-11-17/h1-7,16-17,21-22,24-25H,8-14H2. The van der Waals surface area contributed by atoms with E-state index in [2.05, 4.69) is 47.8 Å². The molecule has 4 aliphatic carbocycles. The molecule has 1 N–H and O–H groups in total. The molecule has 0 radical (unpaired) electrons. The number of benzene rings is 2. The smallest absolute Gasteiger partial charge is 0.0124 e. The van der Waals surface area contributed by atoms with E-state index < -0.39 is 0 Å². The Morgan fingerprint density at radius 3 is 2.20 bits per heavy atom. The summed E-state index contributed by atoms with van der Waals surface area (Å²) in [7, 11) is 0. The van der Waals surface area contributed by atoms with Gasteiger partial charge >= 0.3 is 0 Å². The van der Waals surface area contributed by atoms with Crippen LogP contribution in [0.15, 0.2) is 42.5 Å². The predicted molar refractivity (Wildman–Crippen MR) is 102 cm³/mol. The van der Waals surface area contributed by atoms with Crippen LogP contribution in [0.5, 0.6) is 0 Å². The third kappa shape index (κ3) is 2.32. The molecule has 1 heteroatoms. The van der Waals surface area contributed by atoms with Crippen LogP contribution in [-0.4, -0.2) is 12.6 Å². The second kappa shape index (κ2) is 5.45. The topological polar surface area (TPSA) is 12.0 Å². The summed E-state index contributed by atoms with van der Waals surface area (Å²) in [5.41, 5.74) is 8.12. The Kier molecular flexibility index (Phi) is 3.17. The zero-order valence-electron chi connectivity index (χ0n) is 14.9. The van der Waals surface area contributed by atoms with Gasteiger partial charge in [0.25, 0.3) is 0 Å². The molecule has 0 saturated heterocycles. The average molecular weight is 329 g/mol. The Morgan fingerprint density at radius 2 is 1.48 bits per heavy atom. The summed E-state index contributed by atoms with van der Waals surface area (Å²) in [5, 5.41) is 3.95. The number of fused-ring (bicyclic) bond motifs is 8. The minimum Gasteiger partial charge on any atom is -0.313 e. The highest BCUT2D eigenvalue weighted by Crippen LogP contribution is 2.57. The Labute approximate surface area is 150 Å². The maximum absolute atomic E-state index is 3.95. The molecule has 2 bridgehead atoms. The molecule has 2 atom stereocenters. The van der Waals surface area contributed by atoms with E-state index in [0.29, 0.717) is 11.8 Å². The average Bonchev–Trinajstić information content (AvgIpc) is 3.58. The maximum atomic E-state index is 3.95. The first-order valence-electron chi connectivity index (χ1n) is 10.3. The largest absolute Gasteiger partial charge is 0.313 e. The van der Waals surface area contributed by atoms with Gasteiger partial charge in [0.1, 0.15) is 0 Å². The van der Waals surface area contributed by atoms with Gasteiger partial charge in [0.2, 0.25) is 0 Å². The van der Waals surface area contributed by atoms with Crippen molar-refractivity contribution in [3.05, 3.63) is 70.3 Å². The van der Waals surface area contributed by atoms with E-state index in [0.717, 1.165) is 24.4 Å². The van der Waals surface area contributed by atoms with Crippen molar-refractivity contribution in [2.75, 3.05) is 6.54 Å². The summed E-state index contributed by atoms with van der Waals surface area (Å²) >= 11 is 0. The van der Waals surface area contributed by atoms with Crippen LogP contribution in [-0.2, 0) is 6.42 Å². The van der Waals surface area contributed by atoms with E-state index in [1.807, 2.05) is 0 Å². The molecule has 2 fully saturated rings. The van der Waals surface area contributed by atoms with Gasteiger partial charge in [-0.15, -0.1) is 0 Å². The first-order chi connectivity index (χ1) is 12.4. The van der Waals surface area contributed by atoms with Crippen LogP contribution in [0.4, 0.5) is 0 Å². The van der Waals surface area contributed by atoms with Gasteiger partial charge < -0.3 is 5.32 Å². The van der Waals surface area contributed by atoms with Crippen LogP contribution < -0.4 is 5.32 Å². The van der Waals surface area contributed by atoms with Crippen LogP contribution >= 0.6 is 0 Å². The van der Waals surface area contributed by atoms with Crippen molar-refractivity contribution in [1.82, 2.24) is 5.32 Å². The normalized spacial score (nSPS) is 26.1. The van der Waals surface area contributed by atoms with Gasteiger partial charge in [-0.05, 0) is 84.7 Å². The molecule has 2 saturated carbocycles. The first-order valence-corrected chi connectivity index (χ1v) is 10.3. The minimum atomic E-state index is 0.662. The van der Waals surface area contributed by atoms with Gasteiger partial charge in [-0.1, -0.05) is 42.5 Å². The Morgan fingerprint density at radius 1 is 0.800 bits per heavy atom. The molecule has 2 aromatic carbocycles. The number of nitrogens with one attached hydrogen (secondary N) is 1. The van der Waals surface area contributed by atoms with Crippen molar-refractivity contribution in [2.45, 2.75) is 56.4 Å².